The summed E-state index contributed by atoms with van der Waals surface area (Å²) in [6, 6.07) is 0. The third kappa shape index (κ3) is 0.803. The highest BCUT2D eigenvalue weighted by Gasteiger charge is 2.44. The highest BCUT2D eigenvalue weighted by Crippen LogP contribution is 2.34. The lowest BCUT2D eigenvalue weighted by Crippen LogP contribution is -2.16. The summed E-state index contributed by atoms with van der Waals surface area (Å²) in [5.74, 6) is -0.891. The minimum absolute atomic E-state index is 0.0139. The average molecular weight is 152 g/mol. The molecule has 1 heterocycles. The van der Waals surface area contributed by atoms with Gasteiger partial charge < -0.3 is 9.53 Å². The Hall–Kier alpha value is -1.12. The fraction of sp³-hybridized carbons (Fsp3) is 0.500. The van der Waals surface area contributed by atoms with Gasteiger partial charge in [0.15, 0.2) is 0 Å². The molecule has 58 valence electrons. The van der Waals surface area contributed by atoms with Gasteiger partial charge in [-0.2, -0.15) is 0 Å². The van der Waals surface area contributed by atoms with Gasteiger partial charge in [-0.15, -0.1) is 0 Å². The Morgan fingerprint density at radius 3 is 3.18 bits per heavy atom. The van der Waals surface area contributed by atoms with Gasteiger partial charge in [0, 0.05) is 12.3 Å². The van der Waals surface area contributed by atoms with E-state index in [0.29, 0.717) is 6.29 Å². The zero-order chi connectivity index (χ0) is 7.84. The molecular weight excluding hydrogens is 144 g/mol. The summed E-state index contributed by atoms with van der Waals surface area (Å²) in [5, 5.41) is 0. The Balaban J connectivity index is 2.25. The van der Waals surface area contributed by atoms with Gasteiger partial charge in [0.1, 0.15) is 18.3 Å². The second kappa shape index (κ2) is 2.19. The molecule has 0 unspecified atom stereocenters. The lowest BCUT2D eigenvalue weighted by atomic mass is 9.95. The Morgan fingerprint density at radius 2 is 2.45 bits per heavy atom. The number of aldehydes is 1. The molecule has 0 radical (unpaired) electrons. The van der Waals surface area contributed by atoms with E-state index >= 15 is 0 Å². The van der Waals surface area contributed by atoms with Crippen LogP contribution in [0.3, 0.4) is 0 Å². The van der Waals surface area contributed by atoms with Crippen molar-refractivity contribution in [1.29, 1.82) is 0 Å². The van der Waals surface area contributed by atoms with Crippen LogP contribution in [-0.4, -0.2) is 18.4 Å². The van der Waals surface area contributed by atoms with Crippen molar-refractivity contribution in [3.05, 3.63) is 12.2 Å². The Labute approximate surface area is 64.0 Å². The standard InChI is InChI=1S/C8H8O3/c9-4-6-5-2-1-3-7(5)11-8(6)10/h1-2,4-7H,3H2/t5-,6+,7-/m1/s1. The summed E-state index contributed by atoms with van der Waals surface area (Å²) in [7, 11) is 0. The molecule has 11 heavy (non-hydrogen) atoms. The van der Waals surface area contributed by atoms with Gasteiger partial charge >= 0.3 is 5.97 Å². The van der Waals surface area contributed by atoms with Gasteiger partial charge in [-0.25, -0.2) is 0 Å². The molecule has 0 N–H and O–H groups in total. The van der Waals surface area contributed by atoms with Crippen molar-refractivity contribution in [3.63, 3.8) is 0 Å². The molecule has 1 saturated heterocycles. The first-order valence-electron chi connectivity index (χ1n) is 3.65. The summed E-state index contributed by atoms with van der Waals surface area (Å²) in [6.07, 6.45) is 5.24. The zero-order valence-corrected chi connectivity index (χ0v) is 5.90. The highest BCUT2D eigenvalue weighted by atomic mass is 16.6. The summed E-state index contributed by atoms with van der Waals surface area (Å²) in [4.78, 5) is 21.4. The number of carbonyl (C=O) groups is 2. The van der Waals surface area contributed by atoms with Crippen LogP contribution in [0.4, 0.5) is 0 Å². The third-order valence-electron chi connectivity index (χ3n) is 2.26. The molecule has 0 spiro atoms. The Kier molecular flexibility index (Phi) is 1.31. The van der Waals surface area contributed by atoms with Crippen LogP contribution in [-0.2, 0) is 14.3 Å². The number of fused-ring (bicyclic) bond motifs is 1. The molecular formula is C8H8O3. The number of ether oxygens (including phenoxy) is 1. The van der Waals surface area contributed by atoms with E-state index in [2.05, 4.69) is 0 Å². The fourth-order valence-corrected chi connectivity index (χ4v) is 1.66. The van der Waals surface area contributed by atoms with Crippen molar-refractivity contribution in [2.24, 2.45) is 11.8 Å². The maximum absolute atomic E-state index is 10.9. The summed E-state index contributed by atoms with van der Waals surface area (Å²) < 4.78 is 4.96. The molecule has 3 nitrogen and oxygen atoms in total. The summed E-state index contributed by atoms with van der Waals surface area (Å²) in [6.45, 7) is 0. The molecule has 1 aliphatic heterocycles. The molecule has 0 saturated carbocycles. The molecule has 3 atom stereocenters. The van der Waals surface area contributed by atoms with Crippen molar-refractivity contribution in [1.82, 2.24) is 0 Å². The van der Waals surface area contributed by atoms with Crippen molar-refractivity contribution in [2.45, 2.75) is 12.5 Å². The van der Waals surface area contributed by atoms with Crippen LogP contribution in [0, 0.1) is 11.8 Å². The van der Waals surface area contributed by atoms with Crippen molar-refractivity contribution in [2.75, 3.05) is 0 Å². The van der Waals surface area contributed by atoms with Gasteiger partial charge in [-0.05, 0) is 0 Å². The van der Waals surface area contributed by atoms with E-state index < -0.39 is 5.92 Å². The molecule has 2 rings (SSSR count). The first-order chi connectivity index (χ1) is 5.33. The van der Waals surface area contributed by atoms with E-state index in [1.54, 1.807) is 0 Å². The van der Waals surface area contributed by atoms with E-state index in [-0.39, 0.29) is 18.0 Å². The summed E-state index contributed by atoms with van der Waals surface area (Å²) >= 11 is 0. The molecule has 1 aliphatic carbocycles. The minimum Gasteiger partial charge on any atom is -0.461 e. The molecule has 0 bridgehead atoms. The van der Waals surface area contributed by atoms with Crippen LogP contribution < -0.4 is 0 Å². The lowest BCUT2D eigenvalue weighted by Gasteiger charge is -2.05. The fourth-order valence-electron chi connectivity index (χ4n) is 1.66. The van der Waals surface area contributed by atoms with E-state index in [4.69, 9.17) is 4.74 Å². The van der Waals surface area contributed by atoms with E-state index in [0.717, 1.165) is 6.42 Å². The average Bonchev–Trinajstić information content (AvgIpc) is 2.46. The van der Waals surface area contributed by atoms with Crippen molar-refractivity contribution < 1.29 is 14.3 Å². The Bertz CT molecular complexity index is 231. The number of rotatable bonds is 1. The maximum Gasteiger partial charge on any atom is 0.317 e. The number of hydrogen-bond acceptors (Lipinski definition) is 3. The largest absolute Gasteiger partial charge is 0.461 e. The number of carbonyl (C=O) groups excluding carboxylic acids is 2. The van der Waals surface area contributed by atoms with Crippen LogP contribution in [0.2, 0.25) is 0 Å². The third-order valence-corrected chi connectivity index (χ3v) is 2.26. The molecule has 1 fully saturated rings. The topological polar surface area (TPSA) is 43.4 Å². The normalized spacial score (nSPS) is 40.4. The maximum atomic E-state index is 10.9. The monoisotopic (exact) mass is 152 g/mol. The molecule has 3 heteroatoms. The van der Waals surface area contributed by atoms with Gasteiger partial charge in [-0.1, -0.05) is 12.2 Å². The van der Waals surface area contributed by atoms with Crippen LogP contribution in [0.1, 0.15) is 6.42 Å². The molecule has 2 aliphatic rings. The SMILES string of the molecule is O=C[C@@H]1C(=O)O[C@@H]2CC=C[C@H]12. The van der Waals surface area contributed by atoms with Crippen LogP contribution in [0.5, 0.6) is 0 Å². The van der Waals surface area contributed by atoms with Crippen LogP contribution in [0.15, 0.2) is 12.2 Å². The zero-order valence-electron chi connectivity index (χ0n) is 5.90. The molecule has 0 amide bonds. The number of hydrogen-bond donors (Lipinski definition) is 0. The summed E-state index contributed by atoms with van der Waals surface area (Å²) in [5.41, 5.74) is 0. The molecule has 0 aromatic carbocycles. The molecule has 0 aromatic rings. The van der Waals surface area contributed by atoms with E-state index in [1.165, 1.54) is 0 Å². The van der Waals surface area contributed by atoms with Gasteiger partial charge in [0.2, 0.25) is 0 Å². The number of esters is 1. The second-order valence-electron chi connectivity index (χ2n) is 2.88. The predicted octanol–water partition coefficient (Wildman–Crippen LogP) is 0.303. The van der Waals surface area contributed by atoms with E-state index in [9.17, 15) is 9.59 Å². The second-order valence-corrected chi connectivity index (χ2v) is 2.88. The lowest BCUT2D eigenvalue weighted by molar-refractivity contribution is -0.145. The first-order valence-corrected chi connectivity index (χ1v) is 3.65. The minimum atomic E-state index is -0.543. The molecule has 0 aromatic heterocycles. The van der Waals surface area contributed by atoms with Crippen LogP contribution >= 0.6 is 0 Å². The van der Waals surface area contributed by atoms with Crippen molar-refractivity contribution >= 4 is 12.3 Å². The Morgan fingerprint density at radius 1 is 1.64 bits per heavy atom. The van der Waals surface area contributed by atoms with Gasteiger partial charge in [-0.3, -0.25) is 4.79 Å². The van der Waals surface area contributed by atoms with Gasteiger partial charge in [0.25, 0.3) is 0 Å². The van der Waals surface area contributed by atoms with E-state index in [1.807, 2.05) is 12.2 Å². The van der Waals surface area contributed by atoms with Gasteiger partial charge in [0.05, 0.1) is 0 Å². The highest BCUT2D eigenvalue weighted by molar-refractivity contribution is 5.90. The van der Waals surface area contributed by atoms with Crippen LogP contribution in [0.25, 0.3) is 0 Å². The predicted molar refractivity (Wildman–Crippen MR) is 36.7 cm³/mol. The smallest absolute Gasteiger partial charge is 0.317 e. The quantitative estimate of drug-likeness (QED) is 0.235. The van der Waals surface area contributed by atoms with Crippen molar-refractivity contribution in [3.8, 4) is 0 Å². The first kappa shape index (κ1) is 6.58.